The zero-order valence-corrected chi connectivity index (χ0v) is 12.5. The van der Waals surface area contributed by atoms with Crippen LogP contribution >= 0.6 is 28.3 Å². The average Bonchev–Trinajstić information content (AvgIpc) is 2.60. The highest BCUT2D eigenvalue weighted by atomic mass is 79.9. The molecule has 0 spiro atoms. The van der Waals surface area contributed by atoms with Gasteiger partial charge in [-0.05, 0) is 23.1 Å². The quantitative estimate of drug-likeness (QED) is 0.858. The summed E-state index contributed by atoms with van der Waals surface area (Å²) in [4.78, 5) is 0. The summed E-state index contributed by atoms with van der Waals surface area (Å²) in [5.41, 5.74) is 7.30. The molecule has 1 aliphatic heterocycles. The highest BCUT2D eigenvalue weighted by molar-refractivity contribution is 9.10. The summed E-state index contributed by atoms with van der Waals surface area (Å²) >= 11 is 3.53. The lowest BCUT2D eigenvalue weighted by molar-refractivity contribution is 0.174. The molecule has 2 N–H and O–H groups in total. The number of halogens is 2. The van der Waals surface area contributed by atoms with Crippen molar-refractivity contribution in [3.05, 3.63) is 22.2 Å². The van der Waals surface area contributed by atoms with Crippen LogP contribution in [0.15, 0.2) is 16.6 Å². The van der Waals surface area contributed by atoms with Crippen molar-refractivity contribution >= 4 is 28.3 Å². The Hall–Kier alpha value is -0.450. The van der Waals surface area contributed by atoms with Gasteiger partial charge in [0.1, 0.15) is 0 Å². The fourth-order valence-electron chi connectivity index (χ4n) is 1.64. The molecule has 0 aromatic heterocycles. The van der Waals surface area contributed by atoms with Crippen molar-refractivity contribution in [1.82, 2.24) is 0 Å². The fourth-order valence-corrected chi connectivity index (χ4v) is 2.21. The Bertz CT molecular complexity index is 418. The molecule has 0 aliphatic carbocycles. The number of hydrogen-bond donors (Lipinski definition) is 1. The molecule has 1 aromatic rings. The molecule has 1 aliphatic rings. The Labute approximate surface area is 116 Å². The molecule has 0 saturated heterocycles. The van der Waals surface area contributed by atoms with E-state index >= 15 is 0 Å². The molecule has 17 heavy (non-hydrogen) atoms. The maximum Gasteiger partial charge on any atom is 0.231 e. The third-order valence-electron chi connectivity index (χ3n) is 2.76. The number of rotatable bonds is 1. The summed E-state index contributed by atoms with van der Waals surface area (Å²) in [6.45, 7) is 6.65. The van der Waals surface area contributed by atoms with Gasteiger partial charge in [0.15, 0.2) is 11.5 Å². The molecule has 0 radical (unpaired) electrons. The predicted octanol–water partition coefficient (Wildman–Crippen LogP) is 3.65. The maximum absolute atomic E-state index is 6.24. The van der Waals surface area contributed by atoms with Crippen LogP contribution in [0.1, 0.15) is 32.4 Å². The molecule has 5 heteroatoms. The number of benzene rings is 1. The van der Waals surface area contributed by atoms with E-state index in [0.29, 0.717) is 0 Å². The van der Waals surface area contributed by atoms with Gasteiger partial charge in [0.2, 0.25) is 6.79 Å². The van der Waals surface area contributed by atoms with Gasteiger partial charge in [-0.15, -0.1) is 12.4 Å². The summed E-state index contributed by atoms with van der Waals surface area (Å²) in [6.07, 6.45) is 0. The standard InChI is InChI=1S/C12H16BrNO2.ClH/c1-12(2,3)11(14)7-4-9-10(5-8(7)13)16-6-15-9;/h4-5,11H,6,14H2,1-3H3;1H/t11-;/m0./s1. The van der Waals surface area contributed by atoms with E-state index in [1.165, 1.54) is 0 Å². The van der Waals surface area contributed by atoms with E-state index in [1.54, 1.807) is 0 Å². The second-order valence-corrected chi connectivity index (χ2v) is 5.93. The second kappa shape index (κ2) is 5.04. The van der Waals surface area contributed by atoms with E-state index in [1.807, 2.05) is 12.1 Å². The van der Waals surface area contributed by atoms with E-state index < -0.39 is 0 Å². The molecule has 1 aromatic carbocycles. The van der Waals surface area contributed by atoms with Crippen LogP contribution in [0, 0.1) is 5.41 Å². The predicted molar refractivity (Wildman–Crippen MR) is 73.9 cm³/mol. The lowest BCUT2D eigenvalue weighted by Crippen LogP contribution is -2.26. The molecule has 1 atom stereocenters. The number of fused-ring (bicyclic) bond motifs is 1. The van der Waals surface area contributed by atoms with Crippen molar-refractivity contribution in [3.63, 3.8) is 0 Å². The summed E-state index contributed by atoms with van der Waals surface area (Å²) in [5, 5.41) is 0. The molecular formula is C12H17BrClNO2. The van der Waals surface area contributed by atoms with Gasteiger partial charge in [-0.1, -0.05) is 36.7 Å². The lowest BCUT2D eigenvalue weighted by atomic mass is 9.83. The first kappa shape index (κ1) is 14.6. The molecule has 0 unspecified atom stereocenters. The molecule has 0 bridgehead atoms. The van der Waals surface area contributed by atoms with Crippen molar-refractivity contribution in [3.8, 4) is 11.5 Å². The summed E-state index contributed by atoms with van der Waals surface area (Å²) < 4.78 is 11.6. The smallest absolute Gasteiger partial charge is 0.231 e. The largest absolute Gasteiger partial charge is 0.454 e. The Morgan fingerprint density at radius 1 is 1.24 bits per heavy atom. The van der Waals surface area contributed by atoms with Crippen LogP contribution < -0.4 is 15.2 Å². The molecule has 2 rings (SSSR count). The first-order chi connectivity index (χ1) is 7.39. The Morgan fingerprint density at radius 3 is 2.29 bits per heavy atom. The molecule has 0 fully saturated rings. The Kier molecular flexibility index (Phi) is 4.33. The zero-order valence-electron chi connectivity index (χ0n) is 10.1. The van der Waals surface area contributed by atoms with Gasteiger partial charge < -0.3 is 15.2 Å². The number of hydrogen-bond acceptors (Lipinski definition) is 3. The normalized spacial score (nSPS) is 15.4. The minimum Gasteiger partial charge on any atom is -0.454 e. The van der Waals surface area contributed by atoms with Gasteiger partial charge in [0, 0.05) is 10.5 Å². The third kappa shape index (κ3) is 2.87. The van der Waals surface area contributed by atoms with Crippen LogP contribution in [0.2, 0.25) is 0 Å². The van der Waals surface area contributed by atoms with Crippen LogP contribution in [0.25, 0.3) is 0 Å². The minimum atomic E-state index is -0.0450. The van der Waals surface area contributed by atoms with Crippen molar-refractivity contribution in [2.45, 2.75) is 26.8 Å². The van der Waals surface area contributed by atoms with Crippen molar-refractivity contribution in [2.75, 3.05) is 6.79 Å². The van der Waals surface area contributed by atoms with Gasteiger partial charge in [-0.2, -0.15) is 0 Å². The summed E-state index contributed by atoms with van der Waals surface area (Å²) in [7, 11) is 0. The van der Waals surface area contributed by atoms with Gasteiger partial charge in [-0.25, -0.2) is 0 Å². The maximum atomic E-state index is 6.24. The monoisotopic (exact) mass is 321 g/mol. The highest BCUT2D eigenvalue weighted by Crippen LogP contribution is 2.42. The van der Waals surface area contributed by atoms with Crippen LogP contribution in [-0.2, 0) is 0 Å². The number of ether oxygens (including phenoxy) is 2. The SMILES string of the molecule is CC(C)(C)[C@@H](N)c1cc2c(cc1Br)OCO2.Cl. The molecule has 0 saturated carbocycles. The average molecular weight is 323 g/mol. The van der Waals surface area contributed by atoms with Gasteiger partial charge in [0.25, 0.3) is 0 Å². The topological polar surface area (TPSA) is 44.5 Å². The number of nitrogens with two attached hydrogens (primary N) is 1. The fraction of sp³-hybridized carbons (Fsp3) is 0.500. The van der Waals surface area contributed by atoms with E-state index in [9.17, 15) is 0 Å². The van der Waals surface area contributed by atoms with Gasteiger partial charge >= 0.3 is 0 Å². The van der Waals surface area contributed by atoms with E-state index in [2.05, 4.69) is 36.7 Å². The van der Waals surface area contributed by atoms with Crippen molar-refractivity contribution in [1.29, 1.82) is 0 Å². The van der Waals surface area contributed by atoms with Crippen LogP contribution in [-0.4, -0.2) is 6.79 Å². The first-order valence-electron chi connectivity index (χ1n) is 5.24. The Balaban J connectivity index is 0.00000144. The Morgan fingerprint density at radius 2 is 1.76 bits per heavy atom. The second-order valence-electron chi connectivity index (χ2n) is 5.07. The van der Waals surface area contributed by atoms with E-state index in [-0.39, 0.29) is 30.7 Å². The third-order valence-corrected chi connectivity index (χ3v) is 3.45. The molecule has 96 valence electrons. The summed E-state index contributed by atoms with van der Waals surface area (Å²) in [5.74, 6) is 1.55. The van der Waals surface area contributed by atoms with Crippen LogP contribution in [0.3, 0.4) is 0 Å². The zero-order chi connectivity index (χ0) is 11.9. The molecule has 3 nitrogen and oxygen atoms in total. The molecule has 0 amide bonds. The van der Waals surface area contributed by atoms with E-state index in [0.717, 1.165) is 21.5 Å². The molecular weight excluding hydrogens is 305 g/mol. The first-order valence-corrected chi connectivity index (χ1v) is 6.03. The van der Waals surface area contributed by atoms with Crippen LogP contribution in [0.4, 0.5) is 0 Å². The van der Waals surface area contributed by atoms with E-state index in [4.69, 9.17) is 15.2 Å². The minimum absolute atomic E-state index is 0. The highest BCUT2D eigenvalue weighted by Gasteiger charge is 2.26. The molecule has 1 heterocycles. The van der Waals surface area contributed by atoms with Gasteiger partial charge in [-0.3, -0.25) is 0 Å². The van der Waals surface area contributed by atoms with Gasteiger partial charge in [0.05, 0.1) is 0 Å². The van der Waals surface area contributed by atoms with Crippen molar-refractivity contribution < 1.29 is 9.47 Å². The lowest BCUT2D eigenvalue weighted by Gasteiger charge is -2.28. The summed E-state index contributed by atoms with van der Waals surface area (Å²) in [6, 6.07) is 3.84. The van der Waals surface area contributed by atoms with Crippen molar-refractivity contribution in [2.24, 2.45) is 11.1 Å². The van der Waals surface area contributed by atoms with Crippen LogP contribution in [0.5, 0.6) is 11.5 Å².